The van der Waals surface area contributed by atoms with Gasteiger partial charge in [-0.25, -0.2) is 0 Å². The lowest BCUT2D eigenvalue weighted by Crippen LogP contribution is -2.38. The zero-order valence-electron chi connectivity index (χ0n) is 12.2. The molecule has 1 aromatic rings. The number of rotatable bonds is 2. The Hall–Kier alpha value is -1.22. The average molecular weight is 261 g/mol. The fourth-order valence-corrected chi connectivity index (χ4v) is 3.68. The SMILES string of the molecule is COc1ccc(OC)c2c1CC1(CCN(C)CC1)C2. The molecule has 1 saturated heterocycles. The molecule has 0 bridgehead atoms. The van der Waals surface area contributed by atoms with Gasteiger partial charge in [-0.15, -0.1) is 0 Å². The number of likely N-dealkylation sites (tertiary alicyclic amines) is 1. The highest BCUT2D eigenvalue weighted by atomic mass is 16.5. The highest BCUT2D eigenvalue weighted by Crippen LogP contribution is 2.49. The van der Waals surface area contributed by atoms with Crippen LogP contribution in [0.3, 0.4) is 0 Å². The van der Waals surface area contributed by atoms with E-state index in [0.717, 1.165) is 24.3 Å². The first-order chi connectivity index (χ1) is 9.17. The molecule has 0 radical (unpaired) electrons. The maximum atomic E-state index is 5.55. The summed E-state index contributed by atoms with van der Waals surface area (Å²) < 4.78 is 11.1. The van der Waals surface area contributed by atoms with Crippen molar-refractivity contribution >= 4 is 0 Å². The van der Waals surface area contributed by atoms with Crippen LogP contribution in [0.5, 0.6) is 11.5 Å². The van der Waals surface area contributed by atoms with Crippen LogP contribution in [0.15, 0.2) is 12.1 Å². The number of fused-ring (bicyclic) bond motifs is 1. The van der Waals surface area contributed by atoms with Gasteiger partial charge in [-0.2, -0.15) is 0 Å². The molecule has 0 amide bonds. The second-order valence-corrected chi connectivity index (χ2v) is 6.08. The topological polar surface area (TPSA) is 21.7 Å². The minimum absolute atomic E-state index is 0.441. The number of nitrogens with zero attached hydrogens (tertiary/aromatic N) is 1. The first kappa shape index (κ1) is 12.8. The minimum Gasteiger partial charge on any atom is -0.496 e. The molecule has 0 unspecified atom stereocenters. The van der Waals surface area contributed by atoms with Crippen molar-refractivity contribution in [3.63, 3.8) is 0 Å². The van der Waals surface area contributed by atoms with E-state index >= 15 is 0 Å². The summed E-state index contributed by atoms with van der Waals surface area (Å²) in [4.78, 5) is 2.43. The number of ether oxygens (including phenoxy) is 2. The summed E-state index contributed by atoms with van der Waals surface area (Å²) in [5.41, 5.74) is 3.20. The maximum Gasteiger partial charge on any atom is 0.122 e. The predicted molar refractivity (Wildman–Crippen MR) is 76.1 cm³/mol. The van der Waals surface area contributed by atoms with E-state index in [4.69, 9.17) is 9.47 Å². The Morgan fingerprint density at radius 2 is 1.42 bits per heavy atom. The van der Waals surface area contributed by atoms with Crippen LogP contribution in [0.1, 0.15) is 24.0 Å². The van der Waals surface area contributed by atoms with Gasteiger partial charge in [0, 0.05) is 11.1 Å². The normalized spacial score (nSPS) is 21.4. The van der Waals surface area contributed by atoms with E-state index in [2.05, 4.69) is 11.9 Å². The Labute approximate surface area is 115 Å². The summed E-state index contributed by atoms with van der Waals surface area (Å²) in [7, 11) is 5.75. The second kappa shape index (κ2) is 4.71. The van der Waals surface area contributed by atoms with Gasteiger partial charge in [0.2, 0.25) is 0 Å². The van der Waals surface area contributed by atoms with Crippen molar-refractivity contribution in [1.29, 1.82) is 0 Å². The van der Waals surface area contributed by atoms with E-state index in [1.807, 2.05) is 12.1 Å². The number of methoxy groups -OCH3 is 2. The molecule has 3 heteroatoms. The summed E-state index contributed by atoms with van der Waals surface area (Å²) in [5.74, 6) is 2.07. The van der Waals surface area contributed by atoms with Crippen LogP contribution in [0.25, 0.3) is 0 Å². The smallest absolute Gasteiger partial charge is 0.122 e. The largest absolute Gasteiger partial charge is 0.496 e. The van der Waals surface area contributed by atoms with Gasteiger partial charge in [-0.1, -0.05) is 0 Å². The number of piperidine rings is 1. The lowest BCUT2D eigenvalue weighted by atomic mass is 9.76. The van der Waals surface area contributed by atoms with Crippen LogP contribution >= 0.6 is 0 Å². The van der Waals surface area contributed by atoms with Crippen molar-refractivity contribution < 1.29 is 9.47 Å². The van der Waals surface area contributed by atoms with Gasteiger partial charge < -0.3 is 14.4 Å². The molecule has 104 valence electrons. The third-order valence-electron chi connectivity index (χ3n) is 4.94. The van der Waals surface area contributed by atoms with Crippen molar-refractivity contribution in [2.24, 2.45) is 5.41 Å². The molecule has 1 aliphatic heterocycles. The zero-order valence-corrected chi connectivity index (χ0v) is 12.2. The van der Waals surface area contributed by atoms with Crippen molar-refractivity contribution in [3.05, 3.63) is 23.3 Å². The van der Waals surface area contributed by atoms with E-state index in [1.165, 1.54) is 37.1 Å². The summed E-state index contributed by atoms with van der Waals surface area (Å²) in [6.07, 6.45) is 4.86. The third kappa shape index (κ3) is 2.10. The van der Waals surface area contributed by atoms with E-state index < -0.39 is 0 Å². The Morgan fingerprint density at radius 3 is 1.84 bits per heavy atom. The summed E-state index contributed by atoms with van der Waals surface area (Å²) in [6.45, 7) is 2.41. The molecule has 1 fully saturated rings. The molecule has 1 aliphatic carbocycles. The highest BCUT2D eigenvalue weighted by Gasteiger charge is 2.41. The van der Waals surface area contributed by atoms with Gasteiger partial charge in [0.1, 0.15) is 11.5 Å². The van der Waals surface area contributed by atoms with E-state index in [9.17, 15) is 0 Å². The average Bonchev–Trinajstić information content (AvgIpc) is 2.80. The van der Waals surface area contributed by atoms with Gasteiger partial charge in [0.25, 0.3) is 0 Å². The highest BCUT2D eigenvalue weighted by molar-refractivity contribution is 5.52. The summed E-state index contributed by atoms with van der Waals surface area (Å²) >= 11 is 0. The quantitative estimate of drug-likeness (QED) is 0.816. The van der Waals surface area contributed by atoms with Gasteiger partial charge in [-0.3, -0.25) is 0 Å². The standard InChI is InChI=1S/C16H23NO2/c1-17-8-6-16(7-9-17)10-12-13(11-16)15(19-3)5-4-14(12)18-2/h4-5H,6-11H2,1-3H3. The number of benzene rings is 1. The minimum atomic E-state index is 0.441. The van der Waals surface area contributed by atoms with Gasteiger partial charge in [-0.05, 0) is 63.4 Å². The van der Waals surface area contributed by atoms with E-state index in [0.29, 0.717) is 5.41 Å². The molecule has 2 aliphatic rings. The van der Waals surface area contributed by atoms with Crippen molar-refractivity contribution in [2.45, 2.75) is 25.7 Å². The molecular formula is C16H23NO2. The van der Waals surface area contributed by atoms with Crippen molar-refractivity contribution in [3.8, 4) is 11.5 Å². The Morgan fingerprint density at radius 1 is 0.947 bits per heavy atom. The van der Waals surface area contributed by atoms with Crippen LogP contribution in [0.2, 0.25) is 0 Å². The molecule has 1 spiro atoms. The van der Waals surface area contributed by atoms with Crippen LogP contribution in [-0.4, -0.2) is 39.3 Å². The second-order valence-electron chi connectivity index (χ2n) is 6.08. The lowest BCUT2D eigenvalue weighted by Gasteiger charge is -2.37. The van der Waals surface area contributed by atoms with Gasteiger partial charge in [0.15, 0.2) is 0 Å². The molecule has 0 aromatic heterocycles. The summed E-state index contributed by atoms with van der Waals surface area (Å²) in [6, 6.07) is 4.09. The first-order valence-electron chi connectivity index (χ1n) is 7.09. The number of hydrogen-bond donors (Lipinski definition) is 0. The molecule has 1 heterocycles. The van der Waals surface area contributed by atoms with E-state index in [1.54, 1.807) is 14.2 Å². The van der Waals surface area contributed by atoms with Gasteiger partial charge in [0.05, 0.1) is 14.2 Å². The first-order valence-corrected chi connectivity index (χ1v) is 7.09. The third-order valence-corrected chi connectivity index (χ3v) is 4.94. The monoisotopic (exact) mass is 261 g/mol. The molecule has 3 nitrogen and oxygen atoms in total. The molecular weight excluding hydrogens is 238 g/mol. The predicted octanol–water partition coefficient (Wildman–Crippen LogP) is 2.51. The fourth-order valence-electron chi connectivity index (χ4n) is 3.68. The molecule has 0 N–H and O–H groups in total. The van der Waals surface area contributed by atoms with E-state index in [-0.39, 0.29) is 0 Å². The van der Waals surface area contributed by atoms with Crippen molar-refractivity contribution in [2.75, 3.05) is 34.4 Å². The molecule has 0 saturated carbocycles. The van der Waals surface area contributed by atoms with Gasteiger partial charge >= 0.3 is 0 Å². The van der Waals surface area contributed by atoms with Crippen molar-refractivity contribution in [1.82, 2.24) is 4.90 Å². The Balaban J connectivity index is 1.94. The Kier molecular flexibility index (Phi) is 3.17. The van der Waals surface area contributed by atoms with Crippen LogP contribution < -0.4 is 9.47 Å². The number of hydrogen-bond acceptors (Lipinski definition) is 3. The van der Waals surface area contributed by atoms with Crippen LogP contribution in [-0.2, 0) is 12.8 Å². The molecule has 1 aromatic carbocycles. The molecule has 19 heavy (non-hydrogen) atoms. The Bertz CT molecular complexity index is 441. The maximum absolute atomic E-state index is 5.55. The zero-order chi connectivity index (χ0) is 13.5. The molecule has 0 atom stereocenters. The van der Waals surface area contributed by atoms with Crippen LogP contribution in [0.4, 0.5) is 0 Å². The van der Waals surface area contributed by atoms with Crippen LogP contribution in [0, 0.1) is 5.41 Å². The fraction of sp³-hybridized carbons (Fsp3) is 0.625. The lowest BCUT2D eigenvalue weighted by molar-refractivity contribution is 0.131. The summed E-state index contributed by atoms with van der Waals surface area (Å²) in [5, 5.41) is 0. The molecule has 3 rings (SSSR count).